The molecule has 2 aromatic heterocycles. The predicted octanol–water partition coefficient (Wildman–Crippen LogP) is 4.63. The Morgan fingerprint density at radius 3 is 2.59 bits per heavy atom. The van der Waals surface area contributed by atoms with Gasteiger partial charge < -0.3 is 4.90 Å². The smallest absolute Gasteiger partial charge is 0.247 e. The van der Waals surface area contributed by atoms with Gasteiger partial charge in [-0.15, -0.1) is 0 Å². The maximum absolute atomic E-state index is 13.3. The lowest BCUT2D eigenvalue weighted by molar-refractivity contribution is -0.135. The van der Waals surface area contributed by atoms with Crippen molar-refractivity contribution in [3.8, 4) is 11.1 Å². The summed E-state index contributed by atoms with van der Waals surface area (Å²) >= 11 is 0. The molecular weight excluding hydrogens is 367 g/mol. The molecule has 0 saturated carbocycles. The van der Waals surface area contributed by atoms with Gasteiger partial charge in [0.25, 0.3) is 0 Å². The maximum atomic E-state index is 13.3. The number of rotatable bonds is 4. The summed E-state index contributed by atoms with van der Waals surface area (Å²) in [6.45, 7) is 6.52. The topological polar surface area (TPSA) is 51.0 Å². The molecule has 1 saturated heterocycles. The van der Waals surface area contributed by atoms with Crippen LogP contribution in [0.15, 0.2) is 48.7 Å². The Kier molecular flexibility index (Phi) is 5.18. The lowest BCUT2D eigenvalue weighted by Gasteiger charge is -2.28. The van der Waals surface area contributed by atoms with Gasteiger partial charge in [0.05, 0.1) is 11.7 Å². The number of aromatic nitrogens is 3. The van der Waals surface area contributed by atoms with Crippen molar-refractivity contribution in [3.05, 3.63) is 71.6 Å². The standard InChI is InChI=1S/C23H25FN4O/c1-15-13-19(18-6-8-20(24)9-7-18)14-21(26-15)22-5-4-12-27(22)23(29)17(3)28-16(2)10-11-25-28/h6-11,13-14,17,22H,4-5,12H2,1-3H3. The van der Waals surface area contributed by atoms with Crippen LogP contribution < -0.4 is 0 Å². The molecule has 6 heteroatoms. The molecule has 150 valence electrons. The van der Waals surface area contributed by atoms with E-state index in [4.69, 9.17) is 4.98 Å². The van der Waals surface area contributed by atoms with Gasteiger partial charge in [-0.3, -0.25) is 14.5 Å². The van der Waals surface area contributed by atoms with Crippen LogP contribution in [0.25, 0.3) is 11.1 Å². The van der Waals surface area contributed by atoms with Crippen molar-refractivity contribution in [3.63, 3.8) is 0 Å². The summed E-state index contributed by atoms with van der Waals surface area (Å²) < 4.78 is 15.1. The predicted molar refractivity (Wildman–Crippen MR) is 110 cm³/mol. The fourth-order valence-corrected chi connectivity index (χ4v) is 4.14. The minimum Gasteiger partial charge on any atom is -0.332 e. The molecule has 0 radical (unpaired) electrons. The second-order valence-electron chi connectivity index (χ2n) is 7.71. The Morgan fingerprint density at radius 2 is 1.90 bits per heavy atom. The zero-order valence-corrected chi connectivity index (χ0v) is 17.0. The summed E-state index contributed by atoms with van der Waals surface area (Å²) in [5.41, 5.74) is 4.67. The Hall–Kier alpha value is -3.02. The highest BCUT2D eigenvalue weighted by molar-refractivity contribution is 5.81. The van der Waals surface area contributed by atoms with Gasteiger partial charge in [0.1, 0.15) is 11.9 Å². The molecule has 4 rings (SSSR count). The van der Waals surface area contributed by atoms with Gasteiger partial charge in [0.2, 0.25) is 5.91 Å². The van der Waals surface area contributed by atoms with Crippen molar-refractivity contribution < 1.29 is 9.18 Å². The van der Waals surface area contributed by atoms with E-state index in [1.165, 1.54) is 12.1 Å². The molecule has 0 spiro atoms. The van der Waals surface area contributed by atoms with Gasteiger partial charge in [0.15, 0.2) is 0 Å². The number of amides is 1. The molecule has 0 N–H and O–H groups in total. The van der Waals surface area contributed by atoms with Crippen molar-refractivity contribution in [2.45, 2.75) is 45.7 Å². The van der Waals surface area contributed by atoms with E-state index in [2.05, 4.69) is 5.10 Å². The molecular formula is C23H25FN4O. The van der Waals surface area contributed by atoms with Crippen LogP contribution in [-0.2, 0) is 4.79 Å². The van der Waals surface area contributed by atoms with Crippen molar-refractivity contribution in [1.82, 2.24) is 19.7 Å². The van der Waals surface area contributed by atoms with Crippen LogP contribution in [0.4, 0.5) is 4.39 Å². The molecule has 3 heterocycles. The summed E-state index contributed by atoms with van der Waals surface area (Å²) in [5.74, 6) is -0.193. The Bertz CT molecular complexity index is 1030. The number of carbonyl (C=O) groups is 1. The molecule has 29 heavy (non-hydrogen) atoms. The molecule has 2 unspecified atom stereocenters. The quantitative estimate of drug-likeness (QED) is 0.651. The number of halogens is 1. The van der Waals surface area contributed by atoms with Crippen LogP contribution in [0.2, 0.25) is 0 Å². The highest BCUT2D eigenvalue weighted by atomic mass is 19.1. The first-order chi connectivity index (χ1) is 13.9. The normalized spacial score (nSPS) is 17.5. The van der Waals surface area contributed by atoms with E-state index in [-0.39, 0.29) is 23.8 Å². The number of hydrogen-bond acceptors (Lipinski definition) is 3. The largest absolute Gasteiger partial charge is 0.332 e. The highest BCUT2D eigenvalue weighted by Gasteiger charge is 2.34. The van der Waals surface area contributed by atoms with Crippen molar-refractivity contribution in [1.29, 1.82) is 0 Å². The van der Waals surface area contributed by atoms with Crippen LogP contribution in [0.3, 0.4) is 0 Å². The Balaban J connectivity index is 1.64. The molecule has 3 aromatic rings. The fourth-order valence-electron chi connectivity index (χ4n) is 4.14. The van der Waals surface area contributed by atoms with Gasteiger partial charge >= 0.3 is 0 Å². The molecule has 1 aliphatic heterocycles. The van der Waals surface area contributed by atoms with E-state index < -0.39 is 0 Å². The zero-order chi connectivity index (χ0) is 20.5. The first-order valence-electron chi connectivity index (χ1n) is 9.99. The molecule has 5 nitrogen and oxygen atoms in total. The third-order valence-electron chi connectivity index (χ3n) is 5.62. The molecule has 1 aromatic carbocycles. The van der Waals surface area contributed by atoms with E-state index in [0.29, 0.717) is 0 Å². The third-order valence-corrected chi connectivity index (χ3v) is 5.62. The van der Waals surface area contributed by atoms with Crippen molar-refractivity contribution in [2.75, 3.05) is 6.54 Å². The average molecular weight is 392 g/mol. The number of benzene rings is 1. The maximum Gasteiger partial charge on any atom is 0.247 e. The summed E-state index contributed by atoms with van der Waals surface area (Å²) in [4.78, 5) is 19.9. The lowest BCUT2D eigenvalue weighted by Crippen LogP contribution is -2.36. The highest BCUT2D eigenvalue weighted by Crippen LogP contribution is 2.35. The number of aryl methyl sites for hydroxylation is 2. The first-order valence-corrected chi connectivity index (χ1v) is 9.99. The van der Waals surface area contributed by atoms with Gasteiger partial charge in [-0.05, 0) is 75.1 Å². The Labute approximate surface area is 170 Å². The summed E-state index contributed by atoms with van der Waals surface area (Å²) in [5, 5.41) is 4.30. The lowest BCUT2D eigenvalue weighted by atomic mass is 10.0. The zero-order valence-electron chi connectivity index (χ0n) is 17.0. The molecule has 0 bridgehead atoms. The minimum atomic E-state index is -0.355. The van der Waals surface area contributed by atoms with Crippen LogP contribution in [0, 0.1) is 19.7 Å². The molecule has 1 fully saturated rings. The van der Waals surface area contributed by atoms with Crippen LogP contribution in [-0.4, -0.2) is 32.1 Å². The van der Waals surface area contributed by atoms with E-state index in [0.717, 1.165) is 47.6 Å². The molecule has 1 aliphatic rings. The second kappa shape index (κ2) is 7.78. The monoisotopic (exact) mass is 392 g/mol. The summed E-state index contributed by atoms with van der Waals surface area (Å²) in [6, 6.07) is 12.0. The number of hydrogen-bond donors (Lipinski definition) is 0. The number of likely N-dealkylation sites (tertiary alicyclic amines) is 1. The summed E-state index contributed by atoms with van der Waals surface area (Å²) in [6.07, 6.45) is 3.55. The van der Waals surface area contributed by atoms with Gasteiger partial charge in [-0.25, -0.2) is 4.39 Å². The van der Waals surface area contributed by atoms with Crippen LogP contribution >= 0.6 is 0 Å². The number of nitrogens with zero attached hydrogens (tertiary/aromatic N) is 4. The second-order valence-corrected chi connectivity index (χ2v) is 7.71. The number of carbonyl (C=O) groups excluding carboxylic acids is 1. The minimum absolute atomic E-state index is 0.0556. The van der Waals surface area contributed by atoms with E-state index in [1.807, 2.05) is 43.9 Å². The molecule has 0 aliphatic carbocycles. The fraction of sp³-hybridized carbons (Fsp3) is 0.348. The SMILES string of the molecule is Cc1cc(-c2ccc(F)cc2)cc(C2CCCN2C(=O)C(C)n2nccc2C)n1. The van der Waals surface area contributed by atoms with Gasteiger partial charge in [0, 0.05) is 24.1 Å². The van der Waals surface area contributed by atoms with E-state index in [9.17, 15) is 9.18 Å². The van der Waals surface area contributed by atoms with Crippen molar-refractivity contribution >= 4 is 5.91 Å². The molecule has 1 amide bonds. The summed E-state index contributed by atoms with van der Waals surface area (Å²) in [7, 11) is 0. The Morgan fingerprint density at radius 1 is 1.14 bits per heavy atom. The van der Waals surface area contributed by atoms with Crippen molar-refractivity contribution in [2.24, 2.45) is 0 Å². The third kappa shape index (κ3) is 3.79. The van der Waals surface area contributed by atoms with Crippen LogP contribution in [0.1, 0.15) is 48.9 Å². The van der Waals surface area contributed by atoms with E-state index >= 15 is 0 Å². The van der Waals surface area contributed by atoms with E-state index in [1.54, 1.807) is 23.0 Å². The first kappa shape index (κ1) is 19.3. The van der Waals surface area contributed by atoms with Gasteiger partial charge in [-0.2, -0.15) is 5.10 Å². The van der Waals surface area contributed by atoms with Crippen LogP contribution in [0.5, 0.6) is 0 Å². The van der Waals surface area contributed by atoms with Gasteiger partial charge in [-0.1, -0.05) is 12.1 Å². The molecule has 2 atom stereocenters. The number of pyridine rings is 1. The average Bonchev–Trinajstić information content (AvgIpc) is 3.36.